The molecule has 2 fully saturated rings. The average Bonchev–Trinajstić information content (AvgIpc) is 2.81. The van der Waals surface area contributed by atoms with Gasteiger partial charge in [-0.15, -0.1) is 0 Å². The zero-order valence-electron chi connectivity index (χ0n) is 23.0. The maximum absolute atomic E-state index is 13.4. The van der Waals surface area contributed by atoms with Crippen LogP contribution in [-0.4, -0.2) is 60.2 Å². The van der Waals surface area contributed by atoms with Crippen molar-refractivity contribution >= 4 is 33.3 Å². The highest BCUT2D eigenvalue weighted by Gasteiger charge is 2.40. The molecule has 1 spiro atoms. The van der Waals surface area contributed by atoms with Crippen LogP contribution in [0.2, 0.25) is 0 Å². The van der Waals surface area contributed by atoms with Gasteiger partial charge < -0.3 is 20.6 Å². The van der Waals surface area contributed by atoms with Crippen LogP contribution in [0.5, 0.6) is 0 Å². The van der Waals surface area contributed by atoms with Crippen molar-refractivity contribution in [2.24, 2.45) is 5.41 Å². The Bertz CT molecular complexity index is 1270. The first kappa shape index (κ1) is 28.3. The van der Waals surface area contributed by atoms with Crippen molar-refractivity contribution in [1.29, 1.82) is 0 Å². The minimum atomic E-state index is -3.77. The molecule has 4 rings (SSSR count). The summed E-state index contributed by atoms with van der Waals surface area (Å²) in [7, 11) is -3.77. The molecule has 1 saturated carbocycles. The molecule has 0 unspecified atom stereocenters. The van der Waals surface area contributed by atoms with Crippen LogP contribution in [0, 0.1) is 5.41 Å². The lowest BCUT2D eigenvalue weighted by atomic mass is 9.63. The van der Waals surface area contributed by atoms with Crippen LogP contribution < -0.4 is 20.3 Å². The summed E-state index contributed by atoms with van der Waals surface area (Å²) in [4.78, 5) is 24.8. The van der Waals surface area contributed by atoms with Crippen LogP contribution in [0.3, 0.4) is 0 Å². The van der Waals surface area contributed by atoms with E-state index in [2.05, 4.69) is 25.2 Å². The van der Waals surface area contributed by atoms with E-state index < -0.39 is 27.0 Å². The lowest BCUT2D eigenvalue weighted by molar-refractivity contribution is 0.0949. The molecule has 1 aliphatic carbocycles. The van der Waals surface area contributed by atoms with Crippen molar-refractivity contribution < 1.29 is 18.3 Å². The van der Waals surface area contributed by atoms with Gasteiger partial charge >= 0.3 is 0 Å². The monoisotopic (exact) mass is 544 g/mol. The number of carbonyl (C=O) groups excluding carboxylic acids is 1. The zero-order chi connectivity index (χ0) is 27.8. The first-order chi connectivity index (χ1) is 17.7. The molecule has 1 amide bonds. The molecule has 11 heteroatoms. The van der Waals surface area contributed by atoms with E-state index >= 15 is 0 Å². The molecule has 2 aromatic rings. The van der Waals surface area contributed by atoms with Crippen molar-refractivity contribution in [3.05, 3.63) is 36.2 Å². The predicted octanol–water partition coefficient (Wildman–Crippen LogP) is 3.76. The molecule has 38 heavy (non-hydrogen) atoms. The van der Waals surface area contributed by atoms with Gasteiger partial charge in [-0.3, -0.25) is 4.79 Å². The third kappa shape index (κ3) is 6.62. The van der Waals surface area contributed by atoms with E-state index in [1.807, 2.05) is 13.8 Å². The topological polar surface area (TPSA) is 137 Å². The number of hydrogen-bond donors (Lipinski definition) is 4. The summed E-state index contributed by atoms with van der Waals surface area (Å²) >= 11 is 0. The molecule has 1 aromatic heterocycles. The fraction of sp³-hybridized carbons (Fsp3) is 0.593. The Balaban J connectivity index is 1.60. The number of hydrogen-bond acceptors (Lipinski definition) is 8. The van der Waals surface area contributed by atoms with Crippen LogP contribution in [0.1, 0.15) is 77.2 Å². The molecule has 1 aliphatic heterocycles. The van der Waals surface area contributed by atoms with E-state index in [4.69, 9.17) is 4.98 Å². The van der Waals surface area contributed by atoms with E-state index in [0.717, 1.165) is 25.9 Å². The van der Waals surface area contributed by atoms with Gasteiger partial charge in [0.2, 0.25) is 10.0 Å². The van der Waals surface area contributed by atoms with E-state index in [-0.39, 0.29) is 17.2 Å². The number of aromatic nitrogens is 2. The normalized spacial score (nSPS) is 17.7. The molecule has 10 nitrogen and oxygen atoms in total. The number of anilines is 3. The van der Waals surface area contributed by atoms with Gasteiger partial charge in [-0.2, -0.15) is 0 Å². The van der Waals surface area contributed by atoms with Crippen LogP contribution in [0.15, 0.2) is 35.4 Å². The van der Waals surface area contributed by atoms with Crippen LogP contribution in [0.25, 0.3) is 0 Å². The Hall–Kier alpha value is -2.76. The van der Waals surface area contributed by atoms with Crippen molar-refractivity contribution in [3.8, 4) is 0 Å². The van der Waals surface area contributed by atoms with Gasteiger partial charge in [0.15, 0.2) is 11.5 Å². The Morgan fingerprint density at radius 3 is 2.37 bits per heavy atom. The van der Waals surface area contributed by atoms with Gasteiger partial charge in [-0.05, 0) is 83.9 Å². The third-order valence-electron chi connectivity index (χ3n) is 7.21. The third-order valence-corrected chi connectivity index (χ3v) is 8.97. The van der Waals surface area contributed by atoms with E-state index in [9.17, 15) is 18.3 Å². The number of benzene rings is 1. The number of amides is 1. The summed E-state index contributed by atoms with van der Waals surface area (Å²) in [5.74, 6) is 0.484. The van der Waals surface area contributed by atoms with Crippen molar-refractivity contribution in [3.63, 3.8) is 0 Å². The Morgan fingerprint density at radius 2 is 1.79 bits per heavy atom. The summed E-state index contributed by atoms with van der Waals surface area (Å²) < 4.78 is 28.2. The van der Waals surface area contributed by atoms with Gasteiger partial charge in [0.05, 0.1) is 23.2 Å². The fourth-order valence-corrected chi connectivity index (χ4v) is 6.43. The molecule has 0 radical (unpaired) electrons. The molecule has 4 N–H and O–H groups in total. The Labute approximate surface area is 225 Å². The van der Waals surface area contributed by atoms with Crippen LogP contribution in [0.4, 0.5) is 17.3 Å². The van der Waals surface area contributed by atoms with Crippen molar-refractivity contribution in [2.75, 3.05) is 35.2 Å². The van der Waals surface area contributed by atoms with Crippen molar-refractivity contribution in [2.45, 2.75) is 82.7 Å². The molecular weight excluding hydrogens is 504 g/mol. The van der Waals surface area contributed by atoms with E-state index in [1.54, 1.807) is 32.9 Å². The highest BCUT2D eigenvalue weighted by molar-refractivity contribution is 7.89. The number of rotatable bonds is 8. The number of aliphatic hydroxyl groups excluding tert-OH is 1. The number of piperidine rings is 1. The lowest BCUT2D eigenvalue weighted by Crippen LogP contribution is -2.44. The van der Waals surface area contributed by atoms with Crippen molar-refractivity contribution in [1.82, 2.24) is 14.7 Å². The summed E-state index contributed by atoms with van der Waals surface area (Å²) in [6.07, 6.45) is 7.39. The molecule has 0 atom stereocenters. The van der Waals surface area contributed by atoms with E-state index in [0.29, 0.717) is 22.7 Å². The number of carbonyl (C=O) groups is 1. The first-order valence-electron chi connectivity index (χ1n) is 13.2. The lowest BCUT2D eigenvalue weighted by Gasteiger charge is -2.48. The molecule has 208 valence electrons. The second-order valence-corrected chi connectivity index (χ2v) is 14.0. The Morgan fingerprint density at radius 1 is 1.11 bits per heavy atom. The molecule has 2 heterocycles. The summed E-state index contributed by atoms with van der Waals surface area (Å²) in [5.41, 5.74) is -0.317. The van der Waals surface area contributed by atoms with Gasteiger partial charge in [0, 0.05) is 24.3 Å². The first-order valence-corrected chi connectivity index (χ1v) is 14.7. The second kappa shape index (κ2) is 10.4. The molecule has 1 aromatic carbocycles. The minimum Gasteiger partial charge on any atom is -0.394 e. The summed E-state index contributed by atoms with van der Waals surface area (Å²) in [6, 6.07) is 6.15. The largest absolute Gasteiger partial charge is 0.394 e. The van der Waals surface area contributed by atoms with Gasteiger partial charge in [0.25, 0.3) is 5.91 Å². The molecule has 2 aliphatic rings. The maximum Gasteiger partial charge on any atom is 0.278 e. The van der Waals surface area contributed by atoms with E-state index in [1.165, 1.54) is 37.6 Å². The standard InChI is InChI=1S/C27H40N6O4S/c1-25(2,3)32-38(36,37)20-9-6-8-19(16-20)29-24(35)22-23(30-21(17-28-22)31-26(4,5)18-34)33-14-12-27(13-15-33)10-7-11-27/h6,8-9,16-17,32,34H,7,10-15,18H2,1-5H3,(H,29,35)(H,30,31). The second-order valence-electron chi connectivity index (χ2n) is 12.3. The van der Waals surface area contributed by atoms with Crippen LogP contribution >= 0.6 is 0 Å². The maximum atomic E-state index is 13.4. The van der Waals surface area contributed by atoms with Gasteiger partial charge in [0.1, 0.15) is 5.82 Å². The quantitative estimate of drug-likeness (QED) is 0.394. The zero-order valence-corrected chi connectivity index (χ0v) is 23.8. The molecule has 0 bridgehead atoms. The number of aliphatic hydroxyl groups is 1. The summed E-state index contributed by atoms with van der Waals surface area (Å²) in [6.45, 7) is 10.5. The van der Waals surface area contributed by atoms with Crippen LogP contribution in [-0.2, 0) is 10.0 Å². The average molecular weight is 545 g/mol. The highest BCUT2D eigenvalue weighted by Crippen LogP contribution is 2.49. The number of nitrogens with zero attached hydrogens (tertiary/aromatic N) is 3. The highest BCUT2D eigenvalue weighted by atomic mass is 32.2. The number of sulfonamides is 1. The predicted molar refractivity (Wildman–Crippen MR) is 149 cm³/mol. The minimum absolute atomic E-state index is 0.0594. The molecule has 1 saturated heterocycles. The molecular formula is C27H40N6O4S. The smallest absolute Gasteiger partial charge is 0.278 e. The fourth-order valence-electron chi connectivity index (χ4n) is 4.97. The Kier molecular flexibility index (Phi) is 7.75. The summed E-state index contributed by atoms with van der Waals surface area (Å²) in [5, 5.41) is 15.7. The van der Waals surface area contributed by atoms with Gasteiger partial charge in [-0.1, -0.05) is 12.5 Å². The SMILES string of the molecule is CC(C)(C)NS(=O)(=O)c1cccc(NC(=O)c2ncc(NC(C)(C)CO)nc2N2CCC3(CCC3)CC2)c1. The van der Waals surface area contributed by atoms with Gasteiger partial charge in [-0.25, -0.2) is 23.1 Å². The number of nitrogens with one attached hydrogen (secondary N) is 3.